The van der Waals surface area contributed by atoms with Crippen LogP contribution in [-0.4, -0.2) is 46.8 Å². The quantitative estimate of drug-likeness (QED) is 0.712. The van der Waals surface area contributed by atoms with Crippen molar-refractivity contribution in [1.82, 2.24) is 14.7 Å². The number of aromatic nitrogens is 2. The monoisotopic (exact) mass is 366 g/mol. The van der Waals surface area contributed by atoms with Gasteiger partial charge < -0.3 is 9.80 Å². The molecule has 0 saturated carbocycles. The number of nitrogens with zero attached hydrogens (tertiary/aromatic N) is 4. The number of piperazine rings is 1. The summed E-state index contributed by atoms with van der Waals surface area (Å²) in [5.74, 6) is -0.0704. The molecule has 4 rings (SSSR count). The first-order chi connectivity index (χ1) is 13.1. The molecule has 27 heavy (non-hydrogen) atoms. The maximum atomic E-state index is 13.1. The third-order valence-electron chi connectivity index (χ3n) is 5.16. The topological polar surface area (TPSA) is 41.4 Å². The van der Waals surface area contributed by atoms with Crippen molar-refractivity contribution in [3.63, 3.8) is 0 Å². The number of amides is 1. The summed E-state index contributed by atoms with van der Waals surface area (Å²) >= 11 is 0. The van der Waals surface area contributed by atoms with Gasteiger partial charge in [0.05, 0.1) is 18.3 Å². The second-order valence-corrected chi connectivity index (χ2v) is 7.02. The lowest BCUT2D eigenvalue weighted by Crippen LogP contribution is -2.49. The molecule has 0 bridgehead atoms. The first-order valence-electron chi connectivity index (χ1n) is 9.30. The van der Waals surface area contributed by atoms with E-state index in [1.54, 1.807) is 12.1 Å². The second kappa shape index (κ2) is 7.39. The highest BCUT2D eigenvalue weighted by Crippen LogP contribution is 2.18. The first kappa shape index (κ1) is 17.5. The highest BCUT2D eigenvalue weighted by molar-refractivity contribution is 5.80. The summed E-state index contributed by atoms with van der Waals surface area (Å²) in [7, 11) is 0. The van der Waals surface area contributed by atoms with Crippen LogP contribution in [0.25, 0.3) is 10.9 Å². The lowest BCUT2D eigenvalue weighted by molar-refractivity contribution is -0.131. The summed E-state index contributed by atoms with van der Waals surface area (Å²) in [5.41, 5.74) is 3.26. The van der Waals surface area contributed by atoms with Crippen molar-refractivity contribution < 1.29 is 9.18 Å². The van der Waals surface area contributed by atoms with Crippen LogP contribution in [0.3, 0.4) is 0 Å². The number of fused-ring (bicyclic) bond motifs is 1. The van der Waals surface area contributed by atoms with E-state index in [1.807, 2.05) is 15.8 Å². The number of anilines is 1. The molecule has 2 heterocycles. The summed E-state index contributed by atoms with van der Waals surface area (Å²) in [6.07, 6.45) is 2.29. The Morgan fingerprint density at radius 2 is 1.81 bits per heavy atom. The first-order valence-corrected chi connectivity index (χ1v) is 9.30. The number of aryl methyl sites for hydroxylation is 2. The summed E-state index contributed by atoms with van der Waals surface area (Å²) in [6.45, 7) is 5.55. The van der Waals surface area contributed by atoms with E-state index in [2.05, 4.69) is 35.1 Å². The Labute approximate surface area is 158 Å². The molecule has 0 atom stereocenters. The van der Waals surface area contributed by atoms with E-state index in [0.29, 0.717) is 26.1 Å². The molecule has 1 amide bonds. The number of carbonyl (C=O) groups excluding carboxylic acids is 1. The zero-order valence-electron chi connectivity index (χ0n) is 15.4. The molecule has 0 aliphatic carbocycles. The molecule has 5 nitrogen and oxygen atoms in total. The fourth-order valence-electron chi connectivity index (χ4n) is 3.58. The largest absolute Gasteiger partial charge is 0.368 e. The zero-order chi connectivity index (χ0) is 18.8. The Morgan fingerprint density at radius 1 is 1.07 bits per heavy atom. The van der Waals surface area contributed by atoms with Crippen molar-refractivity contribution in [3.05, 3.63) is 60.0 Å². The van der Waals surface area contributed by atoms with Crippen molar-refractivity contribution in [3.8, 4) is 0 Å². The minimum Gasteiger partial charge on any atom is -0.368 e. The molecule has 1 aliphatic heterocycles. The van der Waals surface area contributed by atoms with Gasteiger partial charge in [0.15, 0.2) is 0 Å². The summed E-state index contributed by atoms with van der Waals surface area (Å²) < 4.78 is 15.0. The van der Waals surface area contributed by atoms with Crippen molar-refractivity contribution in [2.75, 3.05) is 31.1 Å². The van der Waals surface area contributed by atoms with E-state index in [9.17, 15) is 9.18 Å². The van der Waals surface area contributed by atoms with Gasteiger partial charge in [0, 0.05) is 43.7 Å². The van der Waals surface area contributed by atoms with Gasteiger partial charge in [0.25, 0.3) is 0 Å². The molecule has 1 aromatic heterocycles. The fourth-order valence-corrected chi connectivity index (χ4v) is 3.58. The Kier molecular flexibility index (Phi) is 4.79. The predicted octanol–water partition coefficient (Wildman–Crippen LogP) is 3.22. The van der Waals surface area contributed by atoms with Crippen LogP contribution in [0.4, 0.5) is 10.1 Å². The molecule has 6 heteroatoms. The smallest absolute Gasteiger partial charge is 0.224 e. The molecule has 2 aromatic carbocycles. The predicted molar refractivity (Wildman–Crippen MR) is 104 cm³/mol. The van der Waals surface area contributed by atoms with Gasteiger partial charge in [0.2, 0.25) is 5.91 Å². The van der Waals surface area contributed by atoms with Crippen LogP contribution < -0.4 is 4.90 Å². The van der Waals surface area contributed by atoms with Crippen molar-refractivity contribution in [2.24, 2.45) is 0 Å². The van der Waals surface area contributed by atoms with E-state index in [1.165, 1.54) is 17.7 Å². The number of hydrogen-bond donors (Lipinski definition) is 0. The molecule has 1 saturated heterocycles. The number of carbonyl (C=O) groups is 1. The standard InChI is InChI=1S/C21H23FN4O/c1-16-2-3-17-15-23-26(20(17)14-16)9-8-21(27)25-12-10-24(11-13-25)19-6-4-18(22)5-7-19/h2-7,14-15H,8-13H2,1H3. The van der Waals surface area contributed by atoms with Crippen molar-refractivity contribution >= 4 is 22.5 Å². The normalized spacial score (nSPS) is 14.7. The van der Waals surface area contributed by atoms with Gasteiger partial charge in [-0.05, 0) is 42.8 Å². The lowest BCUT2D eigenvalue weighted by Gasteiger charge is -2.36. The number of benzene rings is 2. The zero-order valence-corrected chi connectivity index (χ0v) is 15.4. The van der Waals surface area contributed by atoms with E-state index >= 15 is 0 Å². The van der Waals surface area contributed by atoms with E-state index in [-0.39, 0.29) is 11.7 Å². The SMILES string of the molecule is Cc1ccc2cnn(CCC(=O)N3CCN(c4ccc(F)cc4)CC3)c2c1. The van der Waals surface area contributed by atoms with E-state index in [0.717, 1.165) is 29.7 Å². The third kappa shape index (κ3) is 3.79. The molecule has 1 fully saturated rings. The second-order valence-electron chi connectivity index (χ2n) is 7.02. The highest BCUT2D eigenvalue weighted by Gasteiger charge is 2.21. The summed E-state index contributed by atoms with van der Waals surface area (Å²) in [4.78, 5) is 16.7. The molecular formula is C21H23FN4O. The van der Waals surface area contributed by atoms with Crippen LogP contribution in [0.1, 0.15) is 12.0 Å². The molecule has 140 valence electrons. The number of hydrogen-bond acceptors (Lipinski definition) is 3. The highest BCUT2D eigenvalue weighted by atomic mass is 19.1. The van der Waals surface area contributed by atoms with Gasteiger partial charge >= 0.3 is 0 Å². The van der Waals surface area contributed by atoms with Crippen LogP contribution in [0.2, 0.25) is 0 Å². The van der Waals surface area contributed by atoms with Gasteiger partial charge in [-0.25, -0.2) is 4.39 Å². The molecule has 3 aromatic rings. The molecule has 0 unspecified atom stereocenters. The van der Waals surface area contributed by atoms with Crippen LogP contribution in [0.15, 0.2) is 48.7 Å². The van der Waals surface area contributed by atoms with Crippen LogP contribution in [-0.2, 0) is 11.3 Å². The van der Waals surface area contributed by atoms with Gasteiger partial charge in [-0.3, -0.25) is 9.48 Å². The fraction of sp³-hybridized carbons (Fsp3) is 0.333. The van der Waals surface area contributed by atoms with Gasteiger partial charge in [-0.2, -0.15) is 5.10 Å². The molecule has 0 spiro atoms. The Hall–Kier alpha value is -2.89. The van der Waals surface area contributed by atoms with Crippen LogP contribution >= 0.6 is 0 Å². The Bertz CT molecular complexity index is 942. The number of rotatable bonds is 4. The molecule has 0 radical (unpaired) electrons. The van der Waals surface area contributed by atoms with E-state index < -0.39 is 0 Å². The Morgan fingerprint density at radius 3 is 2.56 bits per heavy atom. The number of halogens is 1. The summed E-state index contributed by atoms with van der Waals surface area (Å²) in [5, 5.41) is 5.52. The van der Waals surface area contributed by atoms with Gasteiger partial charge in [-0.15, -0.1) is 0 Å². The van der Waals surface area contributed by atoms with Crippen molar-refractivity contribution in [1.29, 1.82) is 0 Å². The molecule has 1 aliphatic rings. The van der Waals surface area contributed by atoms with E-state index in [4.69, 9.17) is 0 Å². The minimum atomic E-state index is -0.228. The summed E-state index contributed by atoms with van der Waals surface area (Å²) in [6, 6.07) is 12.8. The maximum absolute atomic E-state index is 13.1. The van der Waals surface area contributed by atoms with Gasteiger partial charge in [-0.1, -0.05) is 12.1 Å². The average molecular weight is 366 g/mol. The van der Waals surface area contributed by atoms with Crippen LogP contribution in [0, 0.1) is 12.7 Å². The minimum absolute atomic E-state index is 0.157. The molecular weight excluding hydrogens is 343 g/mol. The maximum Gasteiger partial charge on any atom is 0.224 e. The molecule has 0 N–H and O–H groups in total. The van der Waals surface area contributed by atoms with Gasteiger partial charge in [0.1, 0.15) is 5.82 Å². The Balaban J connectivity index is 1.33. The lowest BCUT2D eigenvalue weighted by atomic mass is 10.2. The van der Waals surface area contributed by atoms with Crippen molar-refractivity contribution in [2.45, 2.75) is 19.9 Å². The third-order valence-corrected chi connectivity index (χ3v) is 5.16. The van der Waals surface area contributed by atoms with Crippen LogP contribution in [0.5, 0.6) is 0 Å². The average Bonchev–Trinajstić information content (AvgIpc) is 3.09.